The summed E-state index contributed by atoms with van der Waals surface area (Å²) in [6, 6.07) is 3.90. The van der Waals surface area contributed by atoms with Crippen molar-refractivity contribution in [2.24, 2.45) is 0 Å². The number of carbonyl (C=O) groups excluding carboxylic acids is 1. The van der Waals surface area contributed by atoms with Gasteiger partial charge in [0.05, 0.1) is 18.8 Å². The molecule has 0 unspecified atom stereocenters. The molecule has 2 heterocycles. The normalized spacial score (nSPS) is 10.7. The van der Waals surface area contributed by atoms with Crippen LogP contribution in [-0.4, -0.2) is 48.5 Å². The number of likely N-dealkylation sites (N-methyl/N-ethyl adjacent to an activating group) is 1. The van der Waals surface area contributed by atoms with Gasteiger partial charge in [0, 0.05) is 38.4 Å². The Bertz CT molecular complexity index is 599. The third-order valence-electron chi connectivity index (χ3n) is 2.98. The second-order valence-corrected chi connectivity index (χ2v) is 6.16. The highest BCUT2D eigenvalue weighted by Gasteiger charge is 2.09. The van der Waals surface area contributed by atoms with Crippen LogP contribution in [0, 0.1) is 0 Å². The number of anilines is 1. The first-order valence-electron chi connectivity index (χ1n) is 7.00. The number of thiazole rings is 1. The Morgan fingerprint density at radius 3 is 2.82 bits per heavy atom. The van der Waals surface area contributed by atoms with Gasteiger partial charge in [-0.3, -0.25) is 14.7 Å². The predicted molar refractivity (Wildman–Crippen MR) is 88.9 cm³/mol. The topological polar surface area (TPSA) is 61.4 Å². The van der Waals surface area contributed by atoms with Crippen molar-refractivity contribution >= 4 is 22.4 Å². The van der Waals surface area contributed by atoms with E-state index in [4.69, 9.17) is 0 Å². The van der Waals surface area contributed by atoms with Gasteiger partial charge in [-0.2, -0.15) is 0 Å². The van der Waals surface area contributed by atoms with Gasteiger partial charge in [0.15, 0.2) is 5.13 Å². The van der Waals surface area contributed by atoms with Gasteiger partial charge in [-0.1, -0.05) is 6.07 Å². The Morgan fingerprint density at radius 2 is 2.18 bits per heavy atom. The van der Waals surface area contributed by atoms with Crippen LogP contribution in [0.4, 0.5) is 5.13 Å². The number of hydrogen-bond donors (Lipinski definition) is 1. The van der Waals surface area contributed by atoms with E-state index in [1.807, 2.05) is 54.7 Å². The molecule has 2 rings (SSSR count). The second-order valence-electron chi connectivity index (χ2n) is 5.33. The predicted octanol–water partition coefficient (Wildman–Crippen LogP) is 1.35. The maximum Gasteiger partial charge on any atom is 0.234 e. The van der Waals surface area contributed by atoms with Crippen LogP contribution in [0.3, 0.4) is 0 Å². The summed E-state index contributed by atoms with van der Waals surface area (Å²) in [6.07, 6.45) is 3.55. The second kappa shape index (κ2) is 7.86. The van der Waals surface area contributed by atoms with E-state index in [0.29, 0.717) is 19.6 Å². The minimum Gasteiger partial charge on any atom is -0.354 e. The molecule has 22 heavy (non-hydrogen) atoms. The molecule has 0 saturated heterocycles. The van der Waals surface area contributed by atoms with E-state index in [2.05, 4.69) is 15.3 Å². The zero-order chi connectivity index (χ0) is 15.9. The van der Waals surface area contributed by atoms with Crippen LogP contribution in [0.1, 0.15) is 11.3 Å². The van der Waals surface area contributed by atoms with Gasteiger partial charge in [-0.05, 0) is 18.7 Å². The zero-order valence-electron chi connectivity index (χ0n) is 13.1. The van der Waals surface area contributed by atoms with Crippen LogP contribution in [0.5, 0.6) is 0 Å². The minimum absolute atomic E-state index is 0.00852. The van der Waals surface area contributed by atoms with Crippen LogP contribution in [0.25, 0.3) is 0 Å². The standard InChI is InChI=1S/C15H21N5OS/c1-19(2)15-18-13(11-22-15)8-17-14(21)10-20(3)9-12-5-4-6-16-7-12/h4-7,11H,8-10H2,1-3H3,(H,17,21). The average Bonchev–Trinajstić information content (AvgIpc) is 2.95. The number of amides is 1. The van der Waals surface area contributed by atoms with Crippen molar-refractivity contribution in [1.29, 1.82) is 0 Å². The third kappa shape index (κ3) is 5.09. The van der Waals surface area contributed by atoms with Crippen LogP contribution in [0.2, 0.25) is 0 Å². The number of carbonyl (C=O) groups is 1. The van der Waals surface area contributed by atoms with E-state index in [0.717, 1.165) is 16.4 Å². The largest absolute Gasteiger partial charge is 0.354 e. The van der Waals surface area contributed by atoms with Crippen molar-refractivity contribution in [3.8, 4) is 0 Å². The molecule has 0 aromatic carbocycles. The molecule has 0 bridgehead atoms. The summed E-state index contributed by atoms with van der Waals surface area (Å²) in [5.74, 6) is -0.00852. The van der Waals surface area contributed by atoms with Gasteiger partial charge in [0.2, 0.25) is 5.91 Å². The van der Waals surface area contributed by atoms with Gasteiger partial charge < -0.3 is 10.2 Å². The van der Waals surface area contributed by atoms with Gasteiger partial charge in [0.25, 0.3) is 0 Å². The van der Waals surface area contributed by atoms with Crippen LogP contribution < -0.4 is 10.2 Å². The molecule has 0 fully saturated rings. The first kappa shape index (κ1) is 16.4. The molecule has 1 amide bonds. The smallest absolute Gasteiger partial charge is 0.234 e. The van der Waals surface area contributed by atoms with E-state index in [9.17, 15) is 4.79 Å². The molecule has 0 atom stereocenters. The minimum atomic E-state index is -0.00852. The van der Waals surface area contributed by atoms with Crippen molar-refractivity contribution < 1.29 is 4.79 Å². The maximum atomic E-state index is 12.0. The highest BCUT2D eigenvalue weighted by Crippen LogP contribution is 2.17. The number of rotatable bonds is 7. The average molecular weight is 319 g/mol. The lowest BCUT2D eigenvalue weighted by Crippen LogP contribution is -2.34. The summed E-state index contributed by atoms with van der Waals surface area (Å²) in [5.41, 5.74) is 1.98. The Kier molecular flexibility index (Phi) is 5.85. The molecule has 0 aliphatic carbocycles. The summed E-state index contributed by atoms with van der Waals surface area (Å²) >= 11 is 1.57. The highest BCUT2D eigenvalue weighted by atomic mass is 32.1. The monoisotopic (exact) mass is 319 g/mol. The summed E-state index contributed by atoms with van der Waals surface area (Å²) < 4.78 is 0. The Hall–Kier alpha value is -1.99. The molecule has 2 aromatic heterocycles. The molecule has 0 spiro atoms. The third-order valence-corrected chi connectivity index (χ3v) is 4.03. The van der Waals surface area contributed by atoms with Gasteiger partial charge in [-0.15, -0.1) is 11.3 Å². The molecule has 1 N–H and O–H groups in total. The van der Waals surface area contributed by atoms with Gasteiger partial charge in [0.1, 0.15) is 0 Å². The molecule has 7 heteroatoms. The lowest BCUT2D eigenvalue weighted by atomic mass is 10.3. The number of nitrogens with zero attached hydrogens (tertiary/aromatic N) is 4. The molecule has 0 saturated carbocycles. The molecule has 6 nitrogen and oxygen atoms in total. The molecule has 0 radical (unpaired) electrons. The van der Waals surface area contributed by atoms with E-state index in [1.54, 1.807) is 17.5 Å². The molecule has 118 valence electrons. The van der Waals surface area contributed by atoms with Gasteiger partial charge >= 0.3 is 0 Å². The van der Waals surface area contributed by atoms with E-state index in [-0.39, 0.29) is 5.91 Å². The maximum absolute atomic E-state index is 12.0. The highest BCUT2D eigenvalue weighted by molar-refractivity contribution is 7.13. The lowest BCUT2D eigenvalue weighted by Gasteiger charge is -2.15. The first-order valence-corrected chi connectivity index (χ1v) is 7.88. The molecular formula is C15H21N5OS. The van der Waals surface area contributed by atoms with Crippen LogP contribution >= 0.6 is 11.3 Å². The van der Waals surface area contributed by atoms with Crippen molar-refractivity contribution in [3.05, 3.63) is 41.2 Å². The first-order chi connectivity index (χ1) is 10.5. The van der Waals surface area contributed by atoms with Crippen molar-refractivity contribution in [1.82, 2.24) is 20.2 Å². The van der Waals surface area contributed by atoms with E-state index >= 15 is 0 Å². The Labute approximate surface area is 134 Å². The number of nitrogens with one attached hydrogen (secondary N) is 1. The summed E-state index contributed by atoms with van der Waals surface area (Å²) in [6.45, 7) is 1.51. The number of pyridine rings is 1. The van der Waals surface area contributed by atoms with Crippen LogP contribution in [-0.2, 0) is 17.9 Å². The SMILES string of the molecule is CN(CC(=O)NCc1csc(N(C)C)n1)Cc1cccnc1. The van der Waals surface area contributed by atoms with E-state index < -0.39 is 0 Å². The van der Waals surface area contributed by atoms with Crippen molar-refractivity contribution in [2.75, 3.05) is 32.6 Å². The van der Waals surface area contributed by atoms with Crippen LogP contribution in [0.15, 0.2) is 29.9 Å². The summed E-state index contributed by atoms with van der Waals surface area (Å²) in [4.78, 5) is 24.4. The van der Waals surface area contributed by atoms with E-state index in [1.165, 1.54) is 0 Å². The summed E-state index contributed by atoms with van der Waals surface area (Å²) in [7, 11) is 5.82. The Morgan fingerprint density at radius 1 is 1.36 bits per heavy atom. The van der Waals surface area contributed by atoms with Gasteiger partial charge in [-0.25, -0.2) is 4.98 Å². The van der Waals surface area contributed by atoms with Crippen molar-refractivity contribution in [2.45, 2.75) is 13.1 Å². The fourth-order valence-corrected chi connectivity index (χ4v) is 2.69. The van der Waals surface area contributed by atoms with Crippen molar-refractivity contribution in [3.63, 3.8) is 0 Å². The Balaban J connectivity index is 1.75. The number of aromatic nitrogens is 2. The molecule has 0 aliphatic rings. The zero-order valence-corrected chi connectivity index (χ0v) is 13.9. The fourth-order valence-electron chi connectivity index (χ4n) is 1.93. The number of hydrogen-bond acceptors (Lipinski definition) is 6. The fraction of sp³-hybridized carbons (Fsp3) is 0.400. The quantitative estimate of drug-likeness (QED) is 0.835. The molecular weight excluding hydrogens is 298 g/mol. The molecule has 2 aromatic rings. The summed E-state index contributed by atoms with van der Waals surface area (Å²) in [5, 5.41) is 5.81. The lowest BCUT2D eigenvalue weighted by molar-refractivity contribution is -0.122. The molecule has 0 aliphatic heterocycles.